The molecule has 0 saturated carbocycles. The molecule has 1 aromatic carbocycles. The van der Waals surface area contributed by atoms with Crippen molar-refractivity contribution in [2.45, 2.75) is 37.8 Å². The lowest BCUT2D eigenvalue weighted by Crippen LogP contribution is -2.30. The summed E-state index contributed by atoms with van der Waals surface area (Å²) in [7, 11) is 0. The fourth-order valence-corrected chi connectivity index (χ4v) is 3.28. The number of hydrogen-bond donors (Lipinski definition) is 0. The second kappa shape index (κ2) is 5.28. The number of imidazole rings is 1. The molecule has 0 aliphatic carbocycles. The van der Waals surface area contributed by atoms with Gasteiger partial charge in [-0.25, -0.2) is 9.37 Å². The summed E-state index contributed by atoms with van der Waals surface area (Å²) in [4.78, 5) is 4.42. The Morgan fingerprint density at radius 2 is 2.35 bits per heavy atom. The third kappa shape index (κ3) is 2.47. The molecular formula is C14H15BrClFN2O. The molecule has 0 amide bonds. The fourth-order valence-electron chi connectivity index (χ4n) is 2.74. The lowest BCUT2D eigenvalue weighted by atomic mass is 10.0. The third-order valence-corrected chi connectivity index (χ3v) is 4.63. The smallest absolute Gasteiger partial charge is 0.139 e. The summed E-state index contributed by atoms with van der Waals surface area (Å²) in [5.41, 5.74) is 1.31. The summed E-state index contributed by atoms with van der Waals surface area (Å²) >= 11 is 9.21. The van der Waals surface area contributed by atoms with Gasteiger partial charge in [-0.05, 0) is 41.8 Å². The summed E-state index contributed by atoms with van der Waals surface area (Å²) in [6, 6.07) is 3.19. The van der Waals surface area contributed by atoms with E-state index in [1.807, 2.05) is 4.57 Å². The van der Waals surface area contributed by atoms with Gasteiger partial charge in [0.15, 0.2) is 0 Å². The first-order chi connectivity index (χ1) is 9.52. The molecule has 6 heteroatoms. The van der Waals surface area contributed by atoms with Gasteiger partial charge in [-0.1, -0.05) is 0 Å². The largest absolute Gasteiger partial charge is 0.373 e. The summed E-state index contributed by atoms with van der Waals surface area (Å²) in [5, 5.41) is 0. The van der Waals surface area contributed by atoms with Crippen LogP contribution in [0.15, 0.2) is 16.6 Å². The van der Waals surface area contributed by atoms with E-state index >= 15 is 0 Å². The maximum Gasteiger partial charge on any atom is 0.139 e. The Morgan fingerprint density at radius 3 is 3.00 bits per heavy atom. The second-order valence-corrected chi connectivity index (χ2v) is 6.53. The Morgan fingerprint density at radius 1 is 1.55 bits per heavy atom. The highest BCUT2D eigenvalue weighted by Gasteiger charge is 2.31. The first-order valence-corrected chi connectivity index (χ1v) is 7.89. The van der Waals surface area contributed by atoms with Crippen LogP contribution in [0.25, 0.3) is 11.0 Å². The zero-order valence-electron chi connectivity index (χ0n) is 11.1. The molecule has 1 saturated heterocycles. The van der Waals surface area contributed by atoms with Gasteiger partial charge < -0.3 is 9.30 Å². The van der Waals surface area contributed by atoms with Crippen LogP contribution in [0, 0.1) is 5.82 Å². The van der Waals surface area contributed by atoms with Crippen LogP contribution in [0.1, 0.15) is 25.6 Å². The Kier molecular flexibility index (Phi) is 3.77. The lowest BCUT2D eigenvalue weighted by Gasteiger charge is -2.25. The van der Waals surface area contributed by atoms with Crippen molar-refractivity contribution in [3.63, 3.8) is 0 Å². The summed E-state index contributed by atoms with van der Waals surface area (Å²) in [6.45, 7) is 3.57. The topological polar surface area (TPSA) is 27.1 Å². The van der Waals surface area contributed by atoms with E-state index in [-0.39, 0.29) is 11.4 Å². The number of alkyl halides is 1. The predicted octanol–water partition coefficient (Wildman–Crippen LogP) is 4.25. The number of hydrogen-bond acceptors (Lipinski definition) is 2. The van der Waals surface area contributed by atoms with Crippen molar-refractivity contribution in [2.24, 2.45) is 0 Å². The van der Waals surface area contributed by atoms with Gasteiger partial charge in [-0.2, -0.15) is 0 Å². The van der Waals surface area contributed by atoms with Gasteiger partial charge in [0.05, 0.1) is 33.5 Å². The maximum atomic E-state index is 13.6. The molecule has 0 N–H and O–H groups in total. The lowest BCUT2D eigenvalue weighted by molar-refractivity contribution is 0.00661. The number of benzene rings is 1. The Labute approximate surface area is 130 Å². The maximum absolute atomic E-state index is 13.6. The molecule has 1 atom stereocenters. The van der Waals surface area contributed by atoms with E-state index < -0.39 is 0 Å². The molecule has 2 heterocycles. The van der Waals surface area contributed by atoms with Crippen LogP contribution in [0.3, 0.4) is 0 Å². The average Bonchev–Trinajstić information content (AvgIpc) is 2.96. The van der Waals surface area contributed by atoms with E-state index in [9.17, 15) is 4.39 Å². The first-order valence-electron chi connectivity index (χ1n) is 6.56. The molecule has 2 aromatic rings. The number of halogens is 3. The normalized spacial score (nSPS) is 22.8. The summed E-state index contributed by atoms with van der Waals surface area (Å²) in [6.07, 6.45) is 2.08. The van der Waals surface area contributed by atoms with Gasteiger partial charge in [0, 0.05) is 12.7 Å². The first kappa shape index (κ1) is 14.3. The molecule has 1 aliphatic rings. The van der Waals surface area contributed by atoms with Crippen LogP contribution in [0.2, 0.25) is 0 Å². The molecule has 108 valence electrons. The molecule has 0 radical (unpaired) electrons. The van der Waals surface area contributed by atoms with E-state index in [1.54, 1.807) is 6.07 Å². The van der Waals surface area contributed by atoms with Gasteiger partial charge in [0.1, 0.15) is 11.6 Å². The summed E-state index contributed by atoms with van der Waals surface area (Å²) < 4.78 is 21.9. The van der Waals surface area contributed by atoms with E-state index in [2.05, 4.69) is 27.8 Å². The Balaban J connectivity index is 2.10. The molecule has 3 rings (SSSR count). The number of rotatable bonds is 3. The number of ether oxygens (including phenoxy) is 1. The Hall–Kier alpha value is -0.650. The highest BCUT2D eigenvalue weighted by atomic mass is 79.9. The monoisotopic (exact) mass is 360 g/mol. The predicted molar refractivity (Wildman–Crippen MR) is 80.5 cm³/mol. The van der Waals surface area contributed by atoms with Gasteiger partial charge in [-0.3, -0.25) is 0 Å². The van der Waals surface area contributed by atoms with Crippen LogP contribution in [0.4, 0.5) is 4.39 Å². The zero-order valence-corrected chi connectivity index (χ0v) is 13.5. The van der Waals surface area contributed by atoms with Gasteiger partial charge in [0.25, 0.3) is 0 Å². The minimum atomic E-state index is -0.313. The highest BCUT2D eigenvalue weighted by Crippen LogP contribution is 2.31. The van der Waals surface area contributed by atoms with Crippen molar-refractivity contribution < 1.29 is 9.13 Å². The molecule has 1 unspecified atom stereocenters. The molecule has 1 aliphatic heterocycles. The average molecular weight is 362 g/mol. The minimum Gasteiger partial charge on any atom is -0.373 e. The van der Waals surface area contributed by atoms with E-state index in [4.69, 9.17) is 16.3 Å². The van der Waals surface area contributed by atoms with Crippen LogP contribution in [-0.4, -0.2) is 21.8 Å². The Bertz CT molecular complexity index is 652. The zero-order chi connectivity index (χ0) is 14.3. The van der Waals surface area contributed by atoms with E-state index in [0.29, 0.717) is 22.4 Å². The van der Waals surface area contributed by atoms with Gasteiger partial charge in [0.2, 0.25) is 0 Å². The van der Waals surface area contributed by atoms with Crippen LogP contribution < -0.4 is 0 Å². The van der Waals surface area contributed by atoms with Crippen molar-refractivity contribution in [2.75, 3.05) is 6.61 Å². The number of nitrogens with zero attached hydrogens (tertiary/aromatic N) is 2. The van der Waals surface area contributed by atoms with Crippen molar-refractivity contribution >= 4 is 38.6 Å². The van der Waals surface area contributed by atoms with Crippen molar-refractivity contribution in [3.8, 4) is 0 Å². The molecule has 0 spiro atoms. The number of aromatic nitrogens is 2. The fraction of sp³-hybridized carbons (Fsp3) is 0.500. The second-order valence-electron chi connectivity index (χ2n) is 5.40. The van der Waals surface area contributed by atoms with Gasteiger partial charge in [-0.15, -0.1) is 11.6 Å². The molecular weight excluding hydrogens is 347 g/mol. The molecule has 20 heavy (non-hydrogen) atoms. The van der Waals surface area contributed by atoms with Crippen molar-refractivity contribution in [1.29, 1.82) is 0 Å². The standard InChI is InChI=1S/C14H15BrClFN2O/c1-14(3-2-4-20-14)8-19-12-5-9(15)10(17)6-11(12)18-13(19)7-16/h5-6H,2-4,7-8H2,1H3. The molecule has 3 nitrogen and oxygen atoms in total. The van der Waals surface area contributed by atoms with Gasteiger partial charge >= 0.3 is 0 Å². The minimum absolute atomic E-state index is 0.199. The van der Waals surface area contributed by atoms with E-state index in [1.165, 1.54) is 6.07 Å². The number of fused-ring (bicyclic) bond motifs is 1. The molecule has 1 fully saturated rings. The van der Waals surface area contributed by atoms with E-state index in [0.717, 1.165) is 30.8 Å². The van der Waals surface area contributed by atoms with Crippen molar-refractivity contribution in [3.05, 3.63) is 28.2 Å². The SMILES string of the molecule is CC1(Cn2c(CCl)nc3cc(F)c(Br)cc32)CCCO1. The molecule has 0 bridgehead atoms. The van der Waals surface area contributed by atoms with Crippen LogP contribution in [-0.2, 0) is 17.2 Å². The third-order valence-electron chi connectivity index (χ3n) is 3.78. The highest BCUT2D eigenvalue weighted by molar-refractivity contribution is 9.10. The van der Waals surface area contributed by atoms with Crippen molar-refractivity contribution in [1.82, 2.24) is 9.55 Å². The molecule has 1 aromatic heterocycles. The summed E-state index contributed by atoms with van der Waals surface area (Å²) in [5.74, 6) is 0.728. The quantitative estimate of drug-likeness (QED) is 0.764. The van der Waals surface area contributed by atoms with Crippen LogP contribution in [0.5, 0.6) is 0 Å². The van der Waals surface area contributed by atoms with Crippen LogP contribution >= 0.6 is 27.5 Å².